The quantitative estimate of drug-likeness (QED) is 0.406. The van der Waals surface area contributed by atoms with Gasteiger partial charge in [-0.05, 0) is 44.2 Å². The summed E-state index contributed by atoms with van der Waals surface area (Å²) >= 11 is 0. The lowest BCUT2D eigenvalue weighted by molar-refractivity contribution is -0.171. The van der Waals surface area contributed by atoms with Gasteiger partial charge in [0, 0.05) is 43.0 Å². The van der Waals surface area contributed by atoms with E-state index in [9.17, 15) is 0 Å². The molecular weight excluding hydrogens is 429 g/mol. The van der Waals surface area contributed by atoms with Crippen LogP contribution in [0.2, 0.25) is 0 Å². The van der Waals surface area contributed by atoms with Gasteiger partial charge in [-0.3, -0.25) is 4.99 Å². The van der Waals surface area contributed by atoms with Gasteiger partial charge in [0.25, 0.3) is 0 Å². The van der Waals surface area contributed by atoms with E-state index in [-0.39, 0.29) is 24.0 Å². The first-order chi connectivity index (χ1) is 11.9. The zero-order chi connectivity index (χ0) is 16.0. The van der Waals surface area contributed by atoms with Crippen LogP contribution in [0, 0.1) is 11.3 Å². The van der Waals surface area contributed by atoms with E-state index in [0.29, 0.717) is 29.5 Å². The number of hydrogen-bond acceptors (Lipinski definition) is 3. The van der Waals surface area contributed by atoms with Gasteiger partial charge in [-0.2, -0.15) is 0 Å². The van der Waals surface area contributed by atoms with E-state index in [4.69, 9.17) is 14.1 Å². The minimum Gasteiger partial charge on any atom is -0.469 e. The lowest BCUT2D eigenvalue weighted by Gasteiger charge is -2.63. The number of guanidine groups is 1. The maximum atomic E-state index is 6.03. The fourth-order valence-corrected chi connectivity index (χ4v) is 4.89. The van der Waals surface area contributed by atoms with Gasteiger partial charge in [0.05, 0.1) is 12.4 Å². The highest BCUT2D eigenvalue weighted by Crippen LogP contribution is 2.62. The number of halogens is 1. The van der Waals surface area contributed by atoms with Crippen molar-refractivity contribution in [2.75, 3.05) is 13.2 Å². The summed E-state index contributed by atoms with van der Waals surface area (Å²) in [4.78, 5) is 4.83. The highest BCUT2D eigenvalue weighted by Gasteiger charge is 2.66. The summed E-state index contributed by atoms with van der Waals surface area (Å²) in [6.45, 7) is 1.70. The number of aliphatic imine (C=N–C) groups is 1. The maximum Gasteiger partial charge on any atom is 0.191 e. The number of hydrogen-bond donors (Lipinski definition) is 2. The van der Waals surface area contributed by atoms with Gasteiger partial charge in [-0.15, -0.1) is 24.0 Å². The molecule has 3 aliphatic carbocycles. The van der Waals surface area contributed by atoms with Crippen molar-refractivity contribution >= 4 is 29.9 Å². The third kappa shape index (κ3) is 3.20. The van der Waals surface area contributed by atoms with Crippen molar-refractivity contribution in [1.29, 1.82) is 0 Å². The van der Waals surface area contributed by atoms with Gasteiger partial charge in [0.15, 0.2) is 5.96 Å². The van der Waals surface area contributed by atoms with Gasteiger partial charge >= 0.3 is 0 Å². The second-order valence-electron chi connectivity index (χ2n) is 7.93. The molecule has 1 aromatic rings. The number of ether oxygens (including phenoxy) is 1. The lowest BCUT2D eigenvalue weighted by atomic mass is 9.46. The predicted octanol–water partition coefficient (Wildman–Crippen LogP) is 3.10. The fraction of sp³-hybridized carbons (Fsp3) is 0.737. The van der Waals surface area contributed by atoms with Crippen LogP contribution in [0.4, 0.5) is 0 Å². The van der Waals surface area contributed by atoms with Gasteiger partial charge in [0.1, 0.15) is 5.76 Å². The second-order valence-corrected chi connectivity index (χ2v) is 7.93. The SMILES string of the molecule is I.c1coc(CCN=C(NC2CC2)NC2C3CCOC3C23CCC3)c1. The van der Waals surface area contributed by atoms with Gasteiger partial charge in [-0.1, -0.05) is 6.42 Å². The summed E-state index contributed by atoms with van der Waals surface area (Å²) in [5.41, 5.74) is 0.397. The Kier molecular flexibility index (Phi) is 5.01. The molecule has 0 bridgehead atoms. The van der Waals surface area contributed by atoms with Crippen LogP contribution in [0.1, 0.15) is 44.3 Å². The Morgan fingerprint density at radius 2 is 2.12 bits per heavy atom. The molecule has 138 valence electrons. The lowest BCUT2D eigenvalue weighted by Crippen LogP contribution is -2.72. The standard InChI is InChI=1S/C19H27N3O2.HI/c1-3-14(23-11-1)6-10-20-18(21-13-4-5-13)22-16-15-7-12-24-17(15)19(16)8-2-9-19;/h1,3,11,13,15-17H,2,4-10,12H2,(H2,20,21,22);1H. The summed E-state index contributed by atoms with van der Waals surface area (Å²) in [6, 6.07) is 5.13. The van der Waals surface area contributed by atoms with E-state index in [1.807, 2.05) is 12.1 Å². The first-order valence-electron chi connectivity index (χ1n) is 9.57. The summed E-state index contributed by atoms with van der Waals surface area (Å²) in [5, 5.41) is 7.40. The van der Waals surface area contributed by atoms with E-state index in [1.54, 1.807) is 6.26 Å². The molecule has 1 aromatic heterocycles. The zero-order valence-electron chi connectivity index (χ0n) is 14.6. The Hall–Kier alpha value is -0.760. The van der Waals surface area contributed by atoms with Crippen molar-refractivity contribution in [3.63, 3.8) is 0 Å². The van der Waals surface area contributed by atoms with Crippen LogP contribution in [0.25, 0.3) is 0 Å². The van der Waals surface area contributed by atoms with Crippen molar-refractivity contribution in [1.82, 2.24) is 10.6 Å². The second kappa shape index (κ2) is 7.10. The molecule has 4 aliphatic rings. The summed E-state index contributed by atoms with van der Waals surface area (Å²) in [5.74, 6) is 2.69. The van der Waals surface area contributed by atoms with E-state index >= 15 is 0 Å². The van der Waals surface area contributed by atoms with Crippen LogP contribution in [0.3, 0.4) is 0 Å². The zero-order valence-corrected chi connectivity index (χ0v) is 16.9. The smallest absolute Gasteiger partial charge is 0.191 e. The summed E-state index contributed by atoms with van der Waals surface area (Å²) in [6.07, 6.45) is 10.8. The Bertz CT molecular complexity index is 610. The minimum absolute atomic E-state index is 0. The molecule has 25 heavy (non-hydrogen) atoms. The number of nitrogens with zero attached hydrogens (tertiary/aromatic N) is 1. The first kappa shape index (κ1) is 17.6. The Morgan fingerprint density at radius 3 is 2.80 bits per heavy atom. The normalized spacial score (nSPS) is 32.3. The van der Waals surface area contributed by atoms with Gasteiger partial charge < -0.3 is 19.8 Å². The molecule has 5 rings (SSSR count). The molecule has 3 atom stereocenters. The van der Waals surface area contributed by atoms with Crippen LogP contribution < -0.4 is 10.6 Å². The third-order valence-electron chi connectivity index (χ3n) is 6.45. The van der Waals surface area contributed by atoms with Crippen molar-refractivity contribution in [3.8, 4) is 0 Å². The molecule has 1 spiro atoms. The molecule has 1 aliphatic heterocycles. The van der Waals surface area contributed by atoms with Gasteiger partial charge in [-0.25, -0.2) is 0 Å². The highest BCUT2D eigenvalue weighted by atomic mass is 127. The molecule has 6 heteroatoms. The Balaban J connectivity index is 0.00000157. The summed E-state index contributed by atoms with van der Waals surface area (Å²) in [7, 11) is 0. The molecule has 3 saturated carbocycles. The van der Waals surface area contributed by atoms with Crippen LogP contribution in [0.5, 0.6) is 0 Å². The first-order valence-corrected chi connectivity index (χ1v) is 9.57. The van der Waals surface area contributed by atoms with E-state index in [2.05, 4.69) is 10.6 Å². The van der Waals surface area contributed by atoms with Crippen molar-refractivity contribution in [3.05, 3.63) is 24.2 Å². The molecule has 0 aromatic carbocycles. The molecule has 4 fully saturated rings. The fourth-order valence-electron chi connectivity index (χ4n) is 4.89. The highest BCUT2D eigenvalue weighted by molar-refractivity contribution is 14.0. The molecule has 5 nitrogen and oxygen atoms in total. The van der Waals surface area contributed by atoms with Crippen LogP contribution in [-0.2, 0) is 11.2 Å². The Labute approximate surface area is 166 Å². The molecular formula is C19H28IN3O2. The monoisotopic (exact) mass is 457 g/mol. The van der Waals surface area contributed by atoms with E-state index < -0.39 is 0 Å². The van der Waals surface area contributed by atoms with E-state index in [0.717, 1.165) is 31.3 Å². The molecule has 0 radical (unpaired) electrons. The van der Waals surface area contributed by atoms with Crippen LogP contribution in [0.15, 0.2) is 27.8 Å². The van der Waals surface area contributed by atoms with E-state index in [1.165, 1.54) is 38.5 Å². The number of fused-ring (bicyclic) bond motifs is 2. The number of rotatable bonds is 5. The van der Waals surface area contributed by atoms with Gasteiger partial charge in [0.2, 0.25) is 0 Å². The van der Waals surface area contributed by atoms with Crippen LogP contribution in [-0.4, -0.2) is 37.3 Å². The average molecular weight is 457 g/mol. The number of furan rings is 1. The van der Waals surface area contributed by atoms with Crippen molar-refractivity contribution < 1.29 is 9.15 Å². The largest absolute Gasteiger partial charge is 0.469 e. The molecule has 0 amide bonds. The Morgan fingerprint density at radius 1 is 1.24 bits per heavy atom. The predicted molar refractivity (Wildman–Crippen MR) is 107 cm³/mol. The van der Waals surface area contributed by atoms with Crippen molar-refractivity contribution in [2.24, 2.45) is 16.3 Å². The number of nitrogens with one attached hydrogen (secondary N) is 2. The third-order valence-corrected chi connectivity index (χ3v) is 6.45. The molecule has 2 heterocycles. The molecule has 3 unspecified atom stereocenters. The minimum atomic E-state index is 0. The topological polar surface area (TPSA) is 58.8 Å². The molecule has 2 N–H and O–H groups in total. The van der Waals surface area contributed by atoms with Crippen LogP contribution >= 0.6 is 24.0 Å². The molecule has 1 saturated heterocycles. The summed E-state index contributed by atoms with van der Waals surface area (Å²) < 4.78 is 11.4. The van der Waals surface area contributed by atoms with Crippen molar-refractivity contribution in [2.45, 2.75) is 63.1 Å². The maximum absolute atomic E-state index is 6.03. The average Bonchev–Trinajstić information content (AvgIpc) is 3.02.